The predicted molar refractivity (Wildman–Crippen MR) is 62.5 cm³/mol. The molecule has 0 atom stereocenters. The summed E-state index contributed by atoms with van der Waals surface area (Å²) in [6.45, 7) is 1.95. The van der Waals surface area contributed by atoms with E-state index in [1.165, 1.54) is 12.8 Å². The molecule has 0 N–H and O–H groups in total. The van der Waals surface area contributed by atoms with E-state index in [0.717, 1.165) is 24.0 Å². The zero-order valence-corrected chi connectivity index (χ0v) is 9.68. The van der Waals surface area contributed by atoms with Crippen LogP contribution >= 0.6 is 11.6 Å². The molecule has 0 aromatic heterocycles. The molecule has 0 unspecified atom stereocenters. The summed E-state index contributed by atoms with van der Waals surface area (Å²) < 4.78 is 0. The summed E-state index contributed by atoms with van der Waals surface area (Å²) in [7, 11) is 0. The first-order valence-electron chi connectivity index (χ1n) is 5.49. The standard InChI is InChI=1S/C13H15ClO/c1-9-6-7-11(8-12(9)14)13(15)10-4-2-3-5-10/h6-8,10H,2-5H2,1H3. The van der Waals surface area contributed by atoms with Gasteiger partial charge in [-0.3, -0.25) is 4.79 Å². The van der Waals surface area contributed by atoms with Crippen molar-refractivity contribution in [3.05, 3.63) is 34.3 Å². The molecule has 0 aliphatic heterocycles. The van der Waals surface area contributed by atoms with Gasteiger partial charge in [-0.25, -0.2) is 0 Å². The van der Waals surface area contributed by atoms with E-state index in [-0.39, 0.29) is 11.7 Å². The normalized spacial score (nSPS) is 16.9. The molecule has 2 rings (SSSR count). The van der Waals surface area contributed by atoms with Crippen LogP contribution in [0.25, 0.3) is 0 Å². The minimum absolute atomic E-state index is 0.240. The average molecular weight is 223 g/mol. The van der Waals surface area contributed by atoms with Crippen molar-refractivity contribution in [1.82, 2.24) is 0 Å². The van der Waals surface area contributed by atoms with Crippen molar-refractivity contribution < 1.29 is 4.79 Å². The fourth-order valence-corrected chi connectivity index (χ4v) is 2.35. The van der Waals surface area contributed by atoms with Crippen LogP contribution in [0.3, 0.4) is 0 Å². The molecule has 1 nitrogen and oxygen atoms in total. The molecule has 1 fully saturated rings. The molecule has 1 aromatic rings. The van der Waals surface area contributed by atoms with Gasteiger partial charge in [-0.1, -0.05) is 36.6 Å². The van der Waals surface area contributed by atoms with Gasteiger partial charge in [-0.05, 0) is 31.4 Å². The Kier molecular flexibility index (Phi) is 3.11. The lowest BCUT2D eigenvalue weighted by molar-refractivity contribution is 0.0923. The topological polar surface area (TPSA) is 17.1 Å². The van der Waals surface area contributed by atoms with Crippen LogP contribution in [-0.4, -0.2) is 5.78 Å². The molecule has 80 valence electrons. The van der Waals surface area contributed by atoms with Crippen LogP contribution in [0, 0.1) is 12.8 Å². The third-order valence-electron chi connectivity index (χ3n) is 3.18. The Balaban J connectivity index is 2.21. The fourth-order valence-electron chi connectivity index (χ4n) is 2.17. The fraction of sp³-hybridized carbons (Fsp3) is 0.462. The van der Waals surface area contributed by atoms with Gasteiger partial charge < -0.3 is 0 Å². The zero-order valence-electron chi connectivity index (χ0n) is 8.92. The summed E-state index contributed by atoms with van der Waals surface area (Å²) in [4.78, 5) is 12.1. The molecule has 1 aliphatic carbocycles. The van der Waals surface area contributed by atoms with Gasteiger partial charge >= 0.3 is 0 Å². The maximum absolute atomic E-state index is 12.1. The minimum atomic E-state index is 0.240. The van der Waals surface area contributed by atoms with Crippen LogP contribution in [0.2, 0.25) is 5.02 Å². The molecule has 1 aliphatic rings. The van der Waals surface area contributed by atoms with E-state index in [0.29, 0.717) is 5.02 Å². The average Bonchev–Trinajstić information content (AvgIpc) is 2.74. The second kappa shape index (κ2) is 4.36. The number of aryl methyl sites for hydroxylation is 1. The second-order valence-corrected chi connectivity index (χ2v) is 4.72. The summed E-state index contributed by atoms with van der Waals surface area (Å²) in [5, 5.41) is 0.693. The highest BCUT2D eigenvalue weighted by Crippen LogP contribution is 2.29. The highest BCUT2D eigenvalue weighted by atomic mass is 35.5. The number of carbonyl (C=O) groups is 1. The van der Waals surface area contributed by atoms with Gasteiger partial charge in [-0.2, -0.15) is 0 Å². The number of halogens is 1. The molecule has 1 saturated carbocycles. The molecule has 0 spiro atoms. The van der Waals surface area contributed by atoms with Gasteiger partial charge in [0.05, 0.1) is 0 Å². The highest BCUT2D eigenvalue weighted by Gasteiger charge is 2.23. The molecule has 0 saturated heterocycles. The van der Waals surface area contributed by atoms with Gasteiger partial charge in [0.2, 0.25) is 0 Å². The predicted octanol–water partition coefficient (Wildman–Crippen LogP) is 4.02. The van der Waals surface area contributed by atoms with Crippen LogP contribution in [0.15, 0.2) is 18.2 Å². The van der Waals surface area contributed by atoms with E-state index < -0.39 is 0 Å². The lowest BCUT2D eigenvalue weighted by atomic mass is 9.96. The Morgan fingerprint density at radius 2 is 2.00 bits per heavy atom. The lowest BCUT2D eigenvalue weighted by Crippen LogP contribution is -2.10. The van der Waals surface area contributed by atoms with Gasteiger partial charge in [0.1, 0.15) is 0 Å². The third-order valence-corrected chi connectivity index (χ3v) is 3.59. The molecule has 0 amide bonds. The van der Waals surface area contributed by atoms with E-state index in [4.69, 9.17) is 11.6 Å². The Hall–Kier alpha value is -0.820. The maximum Gasteiger partial charge on any atom is 0.165 e. The van der Waals surface area contributed by atoms with Crippen molar-refractivity contribution in [3.8, 4) is 0 Å². The SMILES string of the molecule is Cc1ccc(C(=O)C2CCCC2)cc1Cl. The van der Waals surface area contributed by atoms with Gasteiger partial charge in [-0.15, -0.1) is 0 Å². The zero-order chi connectivity index (χ0) is 10.8. The minimum Gasteiger partial charge on any atom is -0.294 e. The van der Waals surface area contributed by atoms with Gasteiger partial charge in [0.25, 0.3) is 0 Å². The Labute approximate surface area is 95.4 Å². The second-order valence-electron chi connectivity index (χ2n) is 4.31. The Morgan fingerprint density at radius 3 is 2.60 bits per heavy atom. The maximum atomic E-state index is 12.1. The number of hydrogen-bond donors (Lipinski definition) is 0. The van der Waals surface area contributed by atoms with Crippen molar-refractivity contribution in [1.29, 1.82) is 0 Å². The van der Waals surface area contributed by atoms with Gasteiger partial charge in [0, 0.05) is 16.5 Å². The Bertz CT molecular complexity index is 378. The number of hydrogen-bond acceptors (Lipinski definition) is 1. The van der Waals surface area contributed by atoms with Crippen LogP contribution in [0.5, 0.6) is 0 Å². The van der Waals surface area contributed by atoms with E-state index in [2.05, 4.69) is 0 Å². The molecule has 0 heterocycles. The van der Waals surface area contributed by atoms with Crippen LogP contribution < -0.4 is 0 Å². The molecule has 1 aromatic carbocycles. The van der Waals surface area contributed by atoms with Crippen molar-refractivity contribution in [2.24, 2.45) is 5.92 Å². The summed E-state index contributed by atoms with van der Waals surface area (Å²) in [6.07, 6.45) is 4.47. The monoisotopic (exact) mass is 222 g/mol. The summed E-state index contributed by atoms with van der Waals surface area (Å²) in [6, 6.07) is 5.62. The third kappa shape index (κ3) is 2.23. The van der Waals surface area contributed by atoms with E-state index in [1.807, 2.05) is 19.1 Å². The highest BCUT2D eigenvalue weighted by molar-refractivity contribution is 6.31. The number of rotatable bonds is 2. The lowest BCUT2D eigenvalue weighted by Gasteiger charge is -2.08. The number of Topliss-reactive ketones (excluding diaryl/α,β-unsaturated/α-hetero) is 1. The molecule has 0 radical (unpaired) electrons. The van der Waals surface area contributed by atoms with E-state index in [1.54, 1.807) is 6.07 Å². The van der Waals surface area contributed by atoms with Crippen molar-refractivity contribution in [3.63, 3.8) is 0 Å². The molecular weight excluding hydrogens is 208 g/mol. The quantitative estimate of drug-likeness (QED) is 0.691. The number of benzene rings is 1. The molecule has 15 heavy (non-hydrogen) atoms. The van der Waals surface area contributed by atoms with Crippen LogP contribution in [-0.2, 0) is 0 Å². The summed E-state index contributed by atoms with van der Waals surface area (Å²) in [5.74, 6) is 0.512. The van der Waals surface area contributed by atoms with Gasteiger partial charge in [0.15, 0.2) is 5.78 Å². The summed E-state index contributed by atoms with van der Waals surface area (Å²) in [5.41, 5.74) is 1.80. The van der Waals surface area contributed by atoms with Crippen molar-refractivity contribution >= 4 is 17.4 Å². The van der Waals surface area contributed by atoms with Crippen LogP contribution in [0.1, 0.15) is 41.6 Å². The van der Waals surface area contributed by atoms with Crippen molar-refractivity contribution in [2.75, 3.05) is 0 Å². The largest absolute Gasteiger partial charge is 0.294 e. The first kappa shape index (κ1) is 10.7. The van der Waals surface area contributed by atoms with E-state index in [9.17, 15) is 4.79 Å². The van der Waals surface area contributed by atoms with Crippen LogP contribution in [0.4, 0.5) is 0 Å². The van der Waals surface area contributed by atoms with Crippen molar-refractivity contribution in [2.45, 2.75) is 32.6 Å². The summed E-state index contributed by atoms with van der Waals surface area (Å²) >= 11 is 6.01. The number of carbonyl (C=O) groups excluding carboxylic acids is 1. The Morgan fingerprint density at radius 1 is 1.33 bits per heavy atom. The number of ketones is 1. The first-order valence-corrected chi connectivity index (χ1v) is 5.86. The van der Waals surface area contributed by atoms with E-state index >= 15 is 0 Å². The molecular formula is C13H15ClO. The first-order chi connectivity index (χ1) is 7.18. The molecule has 0 bridgehead atoms. The smallest absolute Gasteiger partial charge is 0.165 e. The molecule has 2 heteroatoms.